The van der Waals surface area contributed by atoms with Crippen molar-refractivity contribution in [3.8, 4) is 0 Å². The Morgan fingerprint density at radius 1 is 0.478 bits per heavy atom. The average molecular weight is 1230 g/mol. The molecule has 0 bridgehead atoms. The number of nitrogens with one attached hydrogen (secondary N) is 6. The third-order valence-corrected chi connectivity index (χ3v) is 16.0. The highest BCUT2D eigenvalue weighted by molar-refractivity contribution is 5.83. The lowest BCUT2D eigenvalue weighted by atomic mass is 9.88. The predicted octanol–water partition coefficient (Wildman–Crippen LogP) is 10.8. The van der Waals surface area contributed by atoms with E-state index in [0.29, 0.717) is 84.2 Å². The molecule has 18 nitrogen and oxygen atoms in total. The quantitative estimate of drug-likeness (QED) is 0.0210. The Morgan fingerprint density at radius 2 is 0.856 bits per heavy atom. The van der Waals surface area contributed by atoms with Crippen LogP contribution in [-0.2, 0) is 48.2 Å². The van der Waals surface area contributed by atoms with Crippen molar-refractivity contribution in [1.82, 2.24) is 41.7 Å². The van der Waals surface area contributed by atoms with Crippen LogP contribution in [0.1, 0.15) is 124 Å². The zero-order valence-corrected chi connectivity index (χ0v) is 52.7. The van der Waals surface area contributed by atoms with Gasteiger partial charge in [0.2, 0.25) is 11.8 Å². The van der Waals surface area contributed by atoms with Crippen molar-refractivity contribution >= 4 is 36.2 Å². The van der Waals surface area contributed by atoms with E-state index in [1.54, 1.807) is 0 Å². The van der Waals surface area contributed by atoms with Crippen LogP contribution in [0.5, 0.6) is 0 Å². The molecule has 0 aromatic heterocycles. The Bertz CT molecular complexity index is 3170. The number of carbonyl (C=O) groups is 6. The summed E-state index contributed by atoms with van der Waals surface area (Å²) in [4.78, 5) is 85.3. The van der Waals surface area contributed by atoms with Crippen molar-refractivity contribution in [2.75, 3.05) is 52.4 Å². The van der Waals surface area contributed by atoms with Gasteiger partial charge in [0.05, 0.1) is 12.1 Å². The van der Waals surface area contributed by atoms with E-state index in [2.05, 4.69) is 80.4 Å². The van der Waals surface area contributed by atoms with Gasteiger partial charge in [-0.25, -0.2) is 19.2 Å². The third-order valence-electron chi connectivity index (χ3n) is 16.0. The summed E-state index contributed by atoms with van der Waals surface area (Å²) in [6.07, 6.45) is 1.16. The van der Waals surface area contributed by atoms with Crippen molar-refractivity contribution in [2.45, 2.75) is 140 Å². The molecule has 6 N–H and O–H groups in total. The van der Waals surface area contributed by atoms with Crippen LogP contribution in [0.25, 0.3) is 0 Å². The molecule has 2 heterocycles. The topological polar surface area (TPSA) is 218 Å². The average Bonchev–Trinajstić information content (AvgIpc) is 1.91. The molecule has 478 valence electrons. The molecule has 6 amide bonds. The maximum Gasteiger partial charge on any atom is 0.407 e. The van der Waals surface area contributed by atoms with Gasteiger partial charge in [0.25, 0.3) is 0 Å². The van der Waals surface area contributed by atoms with Gasteiger partial charge in [-0.3, -0.25) is 9.59 Å². The number of hydrogen-bond donors (Lipinski definition) is 6. The van der Waals surface area contributed by atoms with E-state index >= 15 is 0 Å². The van der Waals surface area contributed by atoms with Gasteiger partial charge in [0.15, 0.2) is 0 Å². The number of ether oxygens (including phenoxy) is 4. The molecular weight excluding hydrogens is 1140 g/mol. The van der Waals surface area contributed by atoms with Gasteiger partial charge in [0.1, 0.15) is 24.4 Å². The molecule has 0 spiro atoms. The van der Waals surface area contributed by atoms with Crippen LogP contribution < -0.4 is 31.9 Å². The maximum atomic E-state index is 14.8. The fourth-order valence-electron chi connectivity index (χ4n) is 11.6. The SMILES string of the molecule is CC(C)(C)OC(=O)NC[C@H]1CCN(CC(c2ccccc2)c2cccc(CC(C)(C)OC(=O)NC[C@@H]3CCN(CC(c4ccccc4)c4ccccc4)C(=O)[C@H](CCCNC(=O)OCc4ccccc4)N3)c2)C(=O)[C@H](CCCNC(=O)OCc2ccccc2)N1. The van der Waals surface area contributed by atoms with E-state index in [-0.39, 0.29) is 62.0 Å². The van der Waals surface area contributed by atoms with Crippen LogP contribution in [-0.4, -0.2) is 134 Å². The van der Waals surface area contributed by atoms with Crippen molar-refractivity contribution in [3.05, 3.63) is 215 Å². The summed E-state index contributed by atoms with van der Waals surface area (Å²) in [7, 11) is 0. The predicted molar refractivity (Wildman–Crippen MR) is 348 cm³/mol. The highest BCUT2D eigenvalue weighted by Gasteiger charge is 2.36. The molecule has 2 aliphatic heterocycles. The maximum absolute atomic E-state index is 14.8. The summed E-state index contributed by atoms with van der Waals surface area (Å²) >= 11 is 0. The Hall–Kier alpha value is -8.74. The smallest absolute Gasteiger partial charge is 0.407 e. The van der Waals surface area contributed by atoms with Gasteiger partial charge in [-0.15, -0.1) is 0 Å². The van der Waals surface area contributed by atoms with Gasteiger partial charge in [0, 0.05) is 82.7 Å². The molecule has 2 saturated heterocycles. The van der Waals surface area contributed by atoms with Gasteiger partial charge < -0.3 is 60.6 Å². The standard InChI is InChI=1S/C72H90N8O10/c1-71(2,3)89-69(85)75-46-59-39-43-80(66(82)64(77-59)37-23-41-74-68(84)88-51-53-26-13-7-14-27-53)49-62(57-33-19-10-20-34-57)58-35-21-28-54(44-58)45-72(4,5)90-70(86)76-47-60-38-42-79(48-61(55-29-15-8-16-30-55)56-31-17-9-18-32-56)65(81)63(78-60)36-22-40-73-67(83)87-50-52-24-11-6-12-25-52/h6-21,24-35,44,59-64,77-78H,22-23,36-43,45-51H2,1-5H3,(H,73,83)(H,74,84)(H,75,85)(H,76,86)/t59-,60+,62?,63+,64+/m1/s1. The number of nitrogens with zero attached hydrogens (tertiary/aromatic N) is 2. The van der Waals surface area contributed by atoms with Crippen molar-refractivity contribution < 1.29 is 47.7 Å². The molecule has 0 aliphatic carbocycles. The lowest BCUT2D eigenvalue weighted by Gasteiger charge is -2.30. The summed E-state index contributed by atoms with van der Waals surface area (Å²) in [5, 5.41) is 18.7. The van der Waals surface area contributed by atoms with E-state index in [1.807, 2.05) is 172 Å². The second-order valence-electron chi connectivity index (χ2n) is 24.9. The van der Waals surface area contributed by atoms with Crippen LogP contribution in [0, 0.1) is 0 Å². The summed E-state index contributed by atoms with van der Waals surface area (Å²) in [6, 6.07) is 55.9. The normalized spacial score (nSPS) is 17.5. The molecule has 5 atom stereocenters. The molecule has 2 aliphatic rings. The Morgan fingerprint density at radius 3 is 1.28 bits per heavy atom. The second-order valence-corrected chi connectivity index (χ2v) is 24.9. The minimum Gasteiger partial charge on any atom is -0.445 e. The van der Waals surface area contributed by atoms with Gasteiger partial charge in [-0.2, -0.15) is 0 Å². The first-order valence-corrected chi connectivity index (χ1v) is 31.6. The van der Waals surface area contributed by atoms with E-state index < -0.39 is 47.7 Å². The largest absolute Gasteiger partial charge is 0.445 e. The minimum absolute atomic E-state index is 0.0422. The van der Waals surface area contributed by atoms with Crippen LogP contribution >= 0.6 is 0 Å². The zero-order chi connectivity index (χ0) is 63.7. The Balaban J connectivity index is 0.904. The second kappa shape index (κ2) is 33.7. The fourth-order valence-corrected chi connectivity index (χ4v) is 11.6. The Labute approximate surface area is 530 Å². The molecular formula is C72H90N8O10. The van der Waals surface area contributed by atoms with Gasteiger partial charge >= 0.3 is 24.4 Å². The summed E-state index contributed by atoms with van der Waals surface area (Å²) in [6.45, 7) is 12.2. The number of benzene rings is 6. The van der Waals surface area contributed by atoms with Crippen molar-refractivity contribution in [1.29, 1.82) is 0 Å². The highest BCUT2D eigenvalue weighted by Crippen LogP contribution is 2.31. The number of carbonyl (C=O) groups excluding carboxylic acids is 6. The minimum atomic E-state index is -0.953. The first-order valence-electron chi connectivity index (χ1n) is 31.6. The number of alkyl carbamates (subject to hydrolysis) is 4. The third kappa shape index (κ3) is 22.1. The molecule has 2 fully saturated rings. The molecule has 18 heteroatoms. The molecule has 0 saturated carbocycles. The molecule has 6 aromatic carbocycles. The van der Waals surface area contributed by atoms with E-state index in [1.165, 1.54) is 0 Å². The first kappa shape index (κ1) is 67.2. The molecule has 8 rings (SSSR count). The zero-order valence-electron chi connectivity index (χ0n) is 52.7. The first-order chi connectivity index (χ1) is 43.4. The highest BCUT2D eigenvalue weighted by atomic mass is 16.6. The van der Waals surface area contributed by atoms with E-state index in [9.17, 15) is 28.8 Å². The molecule has 90 heavy (non-hydrogen) atoms. The van der Waals surface area contributed by atoms with Crippen molar-refractivity contribution in [3.63, 3.8) is 0 Å². The van der Waals surface area contributed by atoms with Crippen LogP contribution in [0.2, 0.25) is 0 Å². The van der Waals surface area contributed by atoms with Crippen LogP contribution in [0.15, 0.2) is 176 Å². The van der Waals surface area contributed by atoms with E-state index in [4.69, 9.17) is 18.9 Å². The fraction of sp³-hybridized carbons (Fsp3) is 0.417. The molecule has 0 radical (unpaired) electrons. The molecule has 1 unspecified atom stereocenters. The monoisotopic (exact) mass is 1230 g/mol. The van der Waals surface area contributed by atoms with Crippen LogP contribution in [0.3, 0.4) is 0 Å². The van der Waals surface area contributed by atoms with Gasteiger partial charge in [-0.1, -0.05) is 176 Å². The lowest BCUT2D eigenvalue weighted by Crippen LogP contribution is -2.50. The van der Waals surface area contributed by atoms with Crippen LogP contribution in [0.4, 0.5) is 19.2 Å². The van der Waals surface area contributed by atoms with E-state index in [0.717, 1.165) is 38.9 Å². The number of hydrogen-bond acceptors (Lipinski definition) is 12. The number of amides is 6. The number of rotatable bonds is 27. The summed E-state index contributed by atoms with van der Waals surface area (Å²) in [5.41, 5.74) is 5.28. The van der Waals surface area contributed by atoms with Gasteiger partial charge in [-0.05, 0) is 112 Å². The van der Waals surface area contributed by atoms with Crippen molar-refractivity contribution in [2.24, 2.45) is 0 Å². The summed E-state index contributed by atoms with van der Waals surface area (Å²) < 4.78 is 22.6. The molecule has 6 aromatic rings. The summed E-state index contributed by atoms with van der Waals surface area (Å²) in [5.74, 6) is -0.432. The Kier molecular flexibility index (Phi) is 25.2. The lowest BCUT2D eigenvalue weighted by molar-refractivity contribution is -0.133.